The van der Waals surface area contributed by atoms with Crippen molar-refractivity contribution in [2.24, 2.45) is 0 Å². The van der Waals surface area contributed by atoms with Crippen LogP contribution >= 0.6 is 0 Å². The third kappa shape index (κ3) is 8.64. The fraction of sp³-hybridized carbons (Fsp3) is 0.571. The Morgan fingerprint density at radius 2 is 0.906 bits per heavy atom. The number of ether oxygens (including phenoxy) is 2. The van der Waals surface area contributed by atoms with Crippen LogP contribution in [0, 0.1) is 0 Å². The highest BCUT2D eigenvalue weighted by molar-refractivity contribution is 5.85. The minimum absolute atomic E-state index is 0.0800. The van der Waals surface area contributed by atoms with Crippen molar-refractivity contribution in [1.29, 1.82) is 0 Å². The summed E-state index contributed by atoms with van der Waals surface area (Å²) in [6.45, 7) is 5.61. The summed E-state index contributed by atoms with van der Waals surface area (Å²) >= 11 is 0. The Bertz CT molecular complexity index is 707. The van der Waals surface area contributed by atoms with Gasteiger partial charge in [-0.3, -0.25) is 0 Å². The molecule has 0 aliphatic heterocycles. The van der Waals surface area contributed by atoms with Crippen LogP contribution in [0.5, 0.6) is 23.0 Å². The van der Waals surface area contributed by atoms with Crippen molar-refractivity contribution in [2.75, 3.05) is 13.2 Å². The number of phenols is 2. The Balaban J connectivity index is 2.03. The van der Waals surface area contributed by atoms with Crippen LogP contribution in [0.4, 0.5) is 0 Å². The molecule has 0 radical (unpaired) electrons. The number of unbranched alkanes of at least 4 members (excludes halogenated alkanes) is 10. The van der Waals surface area contributed by atoms with Crippen molar-refractivity contribution >= 4 is 0 Å². The Morgan fingerprint density at radius 1 is 0.531 bits per heavy atom. The second kappa shape index (κ2) is 15.4. The van der Waals surface area contributed by atoms with Gasteiger partial charge in [0.2, 0.25) is 0 Å². The van der Waals surface area contributed by atoms with Crippen LogP contribution in [0.15, 0.2) is 36.4 Å². The maximum Gasteiger partial charge on any atom is 0.131 e. The predicted molar refractivity (Wildman–Crippen MR) is 133 cm³/mol. The molecule has 0 amide bonds. The molecular formula is C28H42O4. The lowest BCUT2D eigenvalue weighted by atomic mass is 10.0. The monoisotopic (exact) mass is 442 g/mol. The van der Waals surface area contributed by atoms with E-state index in [4.69, 9.17) is 9.47 Å². The van der Waals surface area contributed by atoms with Gasteiger partial charge in [-0.15, -0.1) is 0 Å². The fourth-order valence-electron chi connectivity index (χ4n) is 3.91. The predicted octanol–water partition coefficient (Wildman–Crippen LogP) is 8.24. The zero-order chi connectivity index (χ0) is 23.0. The van der Waals surface area contributed by atoms with Crippen molar-refractivity contribution in [3.63, 3.8) is 0 Å². The molecule has 0 saturated heterocycles. The van der Waals surface area contributed by atoms with Crippen LogP contribution in [0.2, 0.25) is 0 Å². The van der Waals surface area contributed by atoms with E-state index in [2.05, 4.69) is 13.8 Å². The van der Waals surface area contributed by atoms with E-state index in [1.165, 1.54) is 51.4 Å². The molecule has 32 heavy (non-hydrogen) atoms. The van der Waals surface area contributed by atoms with Gasteiger partial charge in [0.25, 0.3) is 0 Å². The highest BCUT2D eigenvalue weighted by atomic mass is 16.5. The van der Waals surface area contributed by atoms with Gasteiger partial charge in [-0.25, -0.2) is 0 Å². The lowest BCUT2D eigenvalue weighted by molar-refractivity contribution is 0.299. The second-order valence-corrected chi connectivity index (χ2v) is 8.53. The number of hydrogen-bond acceptors (Lipinski definition) is 4. The second-order valence-electron chi connectivity index (χ2n) is 8.53. The first kappa shape index (κ1) is 25.9. The number of hydrogen-bond donors (Lipinski definition) is 2. The maximum atomic E-state index is 10.6. The highest BCUT2D eigenvalue weighted by Crippen LogP contribution is 2.46. The molecule has 0 fully saturated rings. The van der Waals surface area contributed by atoms with Gasteiger partial charge in [0.1, 0.15) is 23.0 Å². The van der Waals surface area contributed by atoms with Gasteiger partial charge in [-0.1, -0.05) is 90.2 Å². The molecule has 0 aromatic heterocycles. The topological polar surface area (TPSA) is 58.9 Å². The first-order valence-corrected chi connectivity index (χ1v) is 12.6. The summed E-state index contributed by atoms with van der Waals surface area (Å²) in [5.41, 5.74) is 0.990. The molecule has 0 bridgehead atoms. The lowest BCUT2D eigenvalue weighted by Gasteiger charge is -2.17. The highest BCUT2D eigenvalue weighted by Gasteiger charge is 2.20. The van der Waals surface area contributed by atoms with Gasteiger partial charge < -0.3 is 19.7 Å². The third-order valence-electron chi connectivity index (χ3n) is 5.77. The molecule has 0 unspecified atom stereocenters. The minimum Gasteiger partial charge on any atom is -0.507 e. The molecule has 0 aliphatic carbocycles. The Hall–Kier alpha value is -2.36. The van der Waals surface area contributed by atoms with Gasteiger partial charge >= 0.3 is 0 Å². The molecule has 2 N–H and O–H groups in total. The number of rotatable bonds is 17. The van der Waals surface area contributed by atoms with Gasteiger partial charge in [0.15, 0.2) is 0 Å². The SMILES string of the molecule is CCCCCCCCOc1cccc(O)c1-c1c(O)cccc1OCCCCCCCC. The van der Waals surface area contributed by atoms with E-state index in [-0.39, 0.29) is 11.5 Å². The molecule has 4 nitrogen and oxygen atoms in total. The van der Waals surface area contributed by atoms with Crippen molar-refractivity contribution in [3.05, 3.63) is 36.4 Å². The quantitative estimate of drug-likeness (QED) is 0.242. The van der Waals surface area contributed by atoms with E-state index in [1.807, 2.05) is 12.1 Å². The smallest absolute Gasteiger partial charge is 0.131 e. The maximum absolute atomic E-state index is 10.6. The summed E-state index contributed by atoms with van der Waals surface area (Å²) in [6, 6.07) is 10.5. The zero-order valence-corrected chi connectivity index (χ0v) is 20.1. The normalized spacial score (nSPS) is 10.9. The van der Waals surface area contributed by atoms with E-state index in [0.29, 0.717) is 35.8 Å². The van der Waals surface area contributed by atoms with Gasteiger partial charge in [-0.2, -0.15) is 0 Å². The van der Waals surface area contributed by atoms with Gasteiger partial charge in [0.05, 0.1) is 24.3 Å². The molecule has 0 saturated carbocycles. The molecule has 2 aromatic carbocycles. The largest absolute Gasteiger partial charge is 0.507 e. The van der Waals surface area contributed by atoms with Crippen LogP contribution in [0.25, 0.3) is 11.1 Å². The summed E-state index contributed by atoms with van der Waals surface area (Å²) in [5, 5.41) is 21.3. The van der Waals surface area contributed by atoms with Crippen LogP contribution in [0.1, 0.15) is 90.9 Å². The molecule has 0 heterocycles. The average Bonchev–Trinajstić information content (AvgIpc) is 2.79. The first-order chi connectivity index (χ1) is 15.7. The number of aromatic hydroxyl groups is 2. The zero-order valence-electron chi connectivity index (χ0n) is 20.1. The third-order valence-corrected chi connectivity index (χ3v) is 5.77. The molecule has 0 atom stereocenters. The molecule has 178 valence electrons. The van der Waals surface area contributed by atoms with E-state index in [9.17, 15) is 10.2 Å². The summed E-state index contributed by atoms with van der Waals surface area (Å²) in [7, 11) is 0. The van der Waals surface area contributed by atoms with E-state index in [1.54, 1.807) is 24.3 Å². The van der Waals surface area contributed by atoms with Crippen molar-refractivity contribution in [1.82, 2.24) is 0 Å². The molecular weight excluding hydrogens is 400 g/mol. The standard InChI is InChI=1S/C28H42O4/c1-3-5-7-9-11-13-21-31-25-19-15-17-23(29)27(25)28-24(30)18-16-20-26(28)32-22-14-12-10-8-6-4-2/h15-20,29-30H,3-14,21-22H2,1-2H3. The summed E-state index contributed by atoms with van der Waals surface area (Å²) in [6.07, 6.45) is 14.3. The lowest BCUT2D eigenvalue weighted by Crippen LogP contribution is -2.02. The fourth-order valence-corrected chi connectivity index (χ4v) is 3.91. The van der Waals surface area contributed by atoms with Crippen LogP contribution in [-0.2, 0) is 0 Å². The molecule has 4 heteroatoms. The first-order valence-electron chi connectivity index (χ1n) is 12.6. The molecule has 2 rings (SSSR count). The van der Waals surface area contributed by atoms with Crippen molar-refractivity contribution in [3.8, 4) is 34.1 Å². The van der Waals surface area contributed by atoms with Crippen molar-refractivity contribution < 1.29 is 19.7 Å². The molecule has 0 aliphatic rings. The molecule has 0 spiro atoms. The van der Waals surface area contributed by atoms with Gasteiger partial charge in [-0.05, 0) is 37.1 Å². The van der Waals surface area contributed by atoms with E-state index < -0.39 is 0 Å². The van der Waals surface area contributed by atoms with Gasteiger partial charge in [0, 0.05) is 0 Å². The minimum atomic E-state index is 0.0800. The van der Waals surface area contributed by atoms with Crippen LogP contribution in [-0.4, -0.2) is 23.4 Å². The van der Waals surface area contributed by atoms with Crippen LogP contribution < -0.4 is 9.47 Å². The van der Waals surface area contributed by atoms with E-state index in [0.717, 1.165) is 25.7 Å². The number of benzene rings is 2. The molecule has 2 aromatic rings. The summed E-state index contributed by atoms with van der Waals surface area (Å²) in [5.74, 6) is 1.31. The van der Waals surface area contributed by atoms with Crippen molar-refractivity contribution in [2.45, 2.75) is 90.9 Å². The van der Waals surface area contributed by atoms with E-state index >= 15 is 0 Å². The summed E-state index contributed by atoms with van der Waals surface area (Å²) < 4.78 is 12.1. The van der Waals surface area contributed by atoms with Crippen LogP contribution in [0.3, 0.4) is 0 Å². The Morgan fingerprint density at radius 3 is 1.31 bits per heavy atom. The Labute approximate surface area is 194 Å². The number of phenolic OH excluding ortho intramolecular Hbond substituents is 2. The summed E-state index contributed by atoms with van der Waals surface area (Å²) in [4.78, 5) is 0. The average molecular weight is 443 g/mol. The Kier molecular flexibility index (Phi) is 12.5.